The van der Waals surface area contributed by atoms with E-state index in [9.17, 15) is 4.57 Å². The third kappa shape index (κ3) is 7.92. The number of hydrogen-bond donors (Lipinski definition) is 0. The summed E-state index contributed by atoms with van der Waals surface area (Å²) in [7, 11) is 0.344. The molecular formula is C15H31OP. The van der Waals surface area contributed by atoms with Crippen molar-refractivity contribution < 1.29 is 4.57 Å². The molecule has 0 N–H and O–H groups in total. The Balaban J connectivity index is 4.09. The average molecular weight is 258 g/mol. The second-order valence-electron chi connectivity index (χ2n) is 6.01. The van der Waals surface area contributed by atoms with Gasteiger partial charge in [-0.2, -0.15) is 0 Å². The molecule has 2 unspecified atom stereocenters. The van der Waals surface area contributed by atoms with Gasteiger partial charge < -0.3 is 0 Å². The monoisotopic (exact) mass is 258 g/mol. The Morgan fingerprint density at radius 2 is 1.59 bits per heavy atom. The van der Waals surface area contributed by atoms with Crippen LogP contribution in [0.3, 0.4) is 0 Å². The van der Waals surface area contributed by atoms with Crippen LogP contribution in [-0.2, 0) is 4.57 Å². The van der Waals surface area contributed by atoms with Gasteiger partial charge in [0, 0.05) is 5.66 Å². The van der Waals surface area contributed by atoms with E-state index in [4.69, 9.17) is 0 Å². The summed E-state index contributed by atoms with van der Waals surface area (Å²) in [5, 5.41) is 0. The third-order valence-electron chi connectivity index (χ3n) is 3.82. The van der Waals surface area contributed by atoms with Crippen LogP contribution in [0.25, 0.3) is 0 Å². The zero-order valence-electron chi connectivity index (χ0n) is 12.4. The molecule has 0 radical (unpaired) electrons. The maximum atomic E-state index is 11.2. The highest BCUT2D eigenvalue weighted by atomic mass is 31.1. The maximum Gasteiger partial charge on any atom is 0.158 e. The summed E-state index contributed by atoms with van der Waals surface area (Å²) in [6, 6.07) is 0. The largest absolute Gasteiger partial charge is 0.275 e. The standard InChI is InChI=1S/C15H31OP/c1-6-7-8-9-10-14(12(2)3)11-15(17-16)13(4)5/h12-15H,6-11H2,1-5H3. The van der Waals surface area contributed by atoms with Crippen LogP contribution in [0.1, 0.15) is 73.1 Å². The van der Waals surface area contributed by atoms with Crippen molar-refractivity contribution in [2.75, 3.05) is 0 Å². The molecule has 0 saturated carbocycles. The Hall–Kier alpha value is 0.100. The summed E-state index contributed by atoms with van der Waals surface area (Å²) in [6.07, 6.45) is 7.82. The molecule has 2 heteroatoms. The van der Waals surface area contributed by atoms with Gasteiger partial charge >= 0.3 is 0 Å². The molecule has 0 aliphatic rings. The van der Waals surface area contributed by atoms with Crippen molar-refractivity contribution in [2.45, 2.75) is 78.8 Å². The van der Waals surface area contributed by atoms with Crippen molar-refractivity contribution in [3.05, 3.63) is 0 Å². The lowest BCUT2D eigenvalue weighted by atomic mass is 9.84. The molecule has 0 spiro atoms. The minimum Gasteiger partial charge on any atom is -0.275 e. The normalized spacial score (nSPS) is 15.7. The summed E-state index contributed by atoms with van der Waals surface area (Å²) < 4.78 is 11.2. The van der Waals surface area contributed by atoms with Crippen molar-refractivity contribution in [1.29, 1.82) is 0 Å². The fraction of sp³-hybridized carbons (Fsp3) is 1.00. The van der Waals surface area contributed by atoms with E-state index in [1.54, 1.807) is 0 Å². The minimum atomic E-state index is 0.344. The van der Waals surface area contributed by atoms with Crippen LogP contribution in [0.4, 0.5) is 0 Å². The van der Waals surface area contributed by atoms with E-state index in [2.05, 4.69) is 34.6 Å². The summed E-state index contributed by atoms with van der Waals surface area (Å²) in [5.74, 6) is 2.01. The molecule has 0 aromatic carbocycles. The molecule has 2 atom stereocenters. The van der Waals surface area contributed by atoms with Crippen molar-refractivity contribution in [3.63, 3.8) is 0 Å². The van der Waals surface area contributed by atoms with E-state index in [1.165, 1.54) is 32.1 Å². The molecule has 102 valence electrons. The molecule has 0 bridgehead atoms. The lowest BCUT2D eigenvalue weighted by molar-refractivity contribution is 0.305. The summed E-state index contributed by atoms with van der Waals surface area (Å²) in [6.45, 7) is 11.2. The molecule has 1 nitrogen and oxygen atoms in total. The van der Waals surface area contributed by atoms with Crippen LogP contribution in [0.15, 0.2) is 0 Å². The molecule has 0 aliphatic carbocycles. The van der Waals surface area contributed by atoms with Crippen molar-refractivity contribution >= 4 is 8.46 Å². The molecule has 0 aliphatic heterocycles. The zero-order chi connectivity index (χ0) is 13.3. The first-order valence-corrected chi connectivity index (χ1v) is 8.23. The fourth-order valence-corrected chi connectivity index (χ4v) is 2.90. The van der Waals surface area contributed by atoms with Crippen molar-refractivity contribution in [1.82, 2.24) is 0 Å². The SMILES string of the molecule is CCCCCCC(CC(P=O)C(C)C)C(C)C. The van der Waals surface area contributed by atoms with Gasteiger partial charge in [0.15, 0.2) is 8.46 Å². The van der Waals surface area contributed by atoms with E-state index in [0.29, 0.717) is 20.0 Å². The molecular weight excluding hydrogens is 227 g/mol. The maximum absolute atomic E-state index is 11.2. The fourth-order valence-electron chi connectivity index (χ4n) is 2.30. The lowest BCUT2D eigenvalue weighted by Crippen LogP contribution is -2.18. The summed E-state index contributed by atoms with van der Waals surface area (Å²) in [5.41, 5.74) is 0.355. The highest BCUT2D eigenvalue weighted by Gasteiger charge is 2.21. The van der Waals surface area contributed by atoms with Crippen LogP contribution in [-0.4, -0.2) is 5.66 Å². The Labute approximate surface area is 110 Å². The van der Waals surface area contributed by atoms with Gasteiger partial charge in [0.2, 0.25) is 0 Å². The predicted octanol–water partition coefficient (Wildman–Crippen LogP) is 5.94. The van der Waals surface area contributed by atoms with Gasteiger partial charge in [-0.25, -0.2) is 0 Å². The quantitative estimate of drug-likeness (QED) is 0.350. The van der Waals surface area contributed by atoms with Gasteiger partial charge in [-0.3, -0.25) is 4.57 Å². The first-order chi connectivity index (χ1) is 8.02. The third-order valence-corrected chi connectivity index (χ3v) is 4.90. The molecule has 0 saturated heterocycles. The number of hydrogen-bond acceptors (Lipinski definition) is 1. The first kappa shape index (κ1) is 17.1. The van der Waals surface area contributed by atoms with Crippen LogP contribution in [0, 0.1) is 17.8 Å². The van der Waals surface area contributed by atoms with Gasteiger partial charge in [-0.05, 0) is 24.2 Å². The van der Waals surface area contributed by atoms with Gasteiger partial charge in [0.05, 0.1) is 0 Å². The molecule has 0 rings (SSSR count). The molecule has 17 heavy (non-hydrogen) atoms. The number of rotatable bonds is 10. The van der Waals surface area contributed by atoms with Crippen LogP contribution >= 0.6 is 8.46 Å². The molecule has 0 fully saturated rings. The van der Waals surface area contributed by atoms with Crippen LogP contribution in [0.2, 0.25) is 0 Å². The van der Waals surface area contributed by atoms with Crippen molar-refractivity contribution in [2.24, 2.45) is 17.8 Å². The van der Waals surface area contributed by atoms with Gasteiger partial charge in [-0.1, -0.05) is 66.7 Å². The Bertz CT molecular complexity index is 189. The first-order valence-electron chi connectivity index (χ1n) is 7.35. The predicted molar refractivity (Wildman–Crippen MR) is 77.9 cm³/mol. The highest BCUT2D eigenvalue weighted by Crippen LogP contribution is 2.31. The molecule has 0 aromatic rings. The van der Waals surface area contributed by atoms with Gasteiger partial charge in [0.1, 0.15) is 0 Å². The topological polar surface area (TPSA) is 17.1 Å². The lowest BCUT2D eigenvalue weighted by Gasteiger charge is -2.25. The molecule has 0 amide bonds. The second-order valence-corrected chi connectivity index (χ2v) is 6.88. The minimum absolute atomic E-state index is 0.344. The smallest absolute Gasteiger partial charge is 0.158 e. The van der Waals surface area contributed by atoms with E-state index >= 15 is 0 Å². The zero-order valence-corrected chi connectivity index (χ0v) is 13.3. The van der Waals surface area contributed by atoms with Crippen molar-refractivity contribution in [3.8, 4) is 0 Å². The Kier molecular flexibility index (Phi) is 10.1. The molecule has 0 heterocycles. The summed E-state index contributed by atoms with van der Waals surface area (Å²) >= 11 is 0. The highest BCUT2D eigenvalue weighted by molar-refractivity contribution is 7.24. The van der Waals surface area contributed by atoms with E-state index in [-0.39, 0.29) is 0 Å². The van der Waals surface area contributed by atoms with E-state index in [1.807, 2.05) is 0 Å². The van der Waals surface area contributed by atoms with Gasteiger partial charge in [-0.15, -0.1) is 0 Å². The second kappa shape index (κ2) is 10.1. The van der Waals surface area contributed by atoms with Gasteiger partial charge in [0.25, 0.3) is 0 Å². The van der Waals surface area contributed by atoms with E-state index < -0.39 is 0 Å². The Morgan fingerprint density at radius 1 is 0.941 bits per heavy atom. The van der Waals surface area contributed by atoms with E-state index in [0.717, 1.165) is 18.3 Å². The Morgan fingerprint density at radius 3 is 2.00 bits per heavy atom. The summed E-state index contributed by atoms with van der Waals surface area (Å²) in [4.78, 5) is 0. The molecule has 0 aromatic heterocycles. The average Bonchev–Trinajstić information content (AvgIpc) is 2.27. The van der Waals surface area contributed by atoms with Crippen LogP contribution in [0.5, 0.6) is 0 Å². The number of unbranched alkanes of at least 4 members (excludes halogenated alkanes) is 3. The van der Waals surface area contributed by atoms with Crippen LogP contribution < -0.4 is 0 Å².